The summed E-state index contributed by atoms with van der Waals surface area (Å²) >= 11 is 0. The first-order valence-electron chi connectivity index (χ1n) is 6.13. The van der Waals surface area contributed by atoms with Crippen molar-refractivity contribution in [2.75, 3.05) is 6.54 Å². The molecule has 0 aromatic heterocycles. The van der Waals surface area contributed by atoms with Gasteiger partial charge >= 0.3 is 0 Å². The van der Waals surface area contributed by atoms with Crippen molar-refractivity contribution in [1.29, 1.82) is 5.26 Å². The molecule has 0 saturated heterocycles. The molecule has 2 aromatic rings. The molecule has 0 heterocycles. The third kappa shape index (κ3) is 2.97. The first kappa shape index (κ1) is 12.3. The van der Waals surface area contributed by atoms with Crippen LogP contribution in [-0.4, -0.2) is 6.54 Å². The summed E-state index contributed by atoms with van der Waals surface area (Å²) in [4.78, 5) is 0. The molecular formula is C16H16N2. The fraction of sp³-hybridized carbons (Fsp3) is 0.188. The first-order valence-corrected chi connectivity index (χ1v) is 6.13. The van der Waals surface area contributed by atoms with Crippen molar-refractivity contribution < 1.29 is 0 Å². The molecule has 0 unspecified atom stereocenters. The number of hydrogen-bond donors (Lipinski definition) is 1. The van der Waals surface area contributed by atoms with E-state index in [-0.39, 0.29) is 0 Å². The summed E-state index contributed by atoms with van der Waals surface area (Å²) in [6.45, 7) is 3.94. The van der Waals surface area contributed by atoms with Crippen molar-refractivity contribution >= 4 is 0 Å². The van der Waals surface area contributed by atoms with E-state index in [0.717, 1.165) is 24.2 Å². The summed E-state index contributed by atoms with van der Waals surface area (Å²) in [5.74, 6) is 0. The summed E-state index contributed by atoms with van der Waals surface area (Å²) in [5.41, 5.74) is 4.20. The lowest BCUT2D eigenvalue weighted by atomic mass is 10.0. The topological polar surface area (TPSA) is 35.8 Å². The molecule has 0 aliphatic carbocycles. The van der Waals surface area contributed by atoms with E-state index in [2.05, 4.69) is 42.6 Å². The van der Waals surface area contributed by atoms with E-state index in [4.69, 9.17) is 5.26 Å². The highest BCUT2D eigenvalue weighted by Gasteiger charge is 2.00. The number of nitrogens with one attached hydrogen (secondary N) is 1. The Hall–Kier alpha value is -2.11. The molecule has 0 atom stereocenters. The zero-order valence-electron chi connectivity index (χ0n) is 10.5. The average molecular weight is 236 g/mol. The maximum absolute atomic E-state index is 8.92. The molecule has 2 rings (SSSR count). The van der Waals surface area contributed by atoms with Crippen LogP contribution in [0.4, 0.5) is 0 Å². The fourth-order valence-electron chi connectivity index (χ4n) is 1.90. The van der Waals surface area contributed by atoms with Crippen molar-refractivity contribution in [2.45, 2.75) is 13.5 Å². The summed E-state index contributed by atoms with van der Waals surface area (Å²) in [6.07, 6.45) is 0. The van der Waals surface area contributed by atoms with Gasteiger partial charge in [0, 0.05) is 6.54 Å². The quantitative estimate of drug-likeness (QED) is 0.883. The number of nitriles is 1. The third-order valence-electron chi connectivity index (χ3n) is 2.83. The highest BCUT2D eigenvalue weighted by Crippen LogP contribution is 2.21. The normalized spacial score (nSPS) is 10.0. The predicted molar refractivity (Wildman–Crippen MR) is 74.0 cm³/mol. The Labute approximate surface area is 108 Å². The SMILES string of the molecule is CCNCc1cccc(-c2cccc(C#N)c2)c1. The highest BCUT2D eigenvalue weighted by molar-refractivity contribution is 5.65. The fourth-order valence-corrected chi connectivity index (χ4v) is 1.90. The molecule has 0 radical (unpaired) electrons. The second-order valence-corrected chi connectivity index (χ2v) is 4.17. The molecule has 2 heteroatoms. The van der Waals surface area contributed by atoms with Crippen molar-refractivity contribution in [3.8, 4) is 17.2 Å². The Morgan fingerprint density at radius 2 is 1.78 bits per heavy atom. The molecule has 90 valence electrons. The molecule has 0 saturated carbocycles. The lowest BCUT2D eigenvalue weighted by Gasteiger charge is -2.06. The zero-order valence-corrected chi connectivity index (χ0v) is 10.5. The average Bonchev–Trinajstić information content (AvgIpc) is 2.45. The maximum atomic E-state index is 8.92. The molecule has 0 spiro atoms. The van der Waals surface area contributed by atoms with Crippen LogP contribution >= 0.6 is 0 Å². The van der Waals surface area contributed by atoms with Gasteiger partial charge in [0.1, 0.15) is 0 Å². The van der Waals surface area contributed by atoms with Gasteiger partial charge in [-0.15, -0.1) is 0 Å². The largest absolute Gasteiger partial charge is 0.313 e. The molecule has 2 aromatic carbocycles. The van der Waals surface area contributed by atoms with Gasteiger partial charge in [-0.3, -0.25) is 0 Å². The Balaban J connectivity index is 2.29. The minimum atomic E-state index is 0.699. The second kappa shape index (κ2) is 6.00. The third-order valence-corrected chi connectivity index (χ3v) is 2.83. The summed E-state index contributed by atoms with van der Waals surface area (Å²) in [7, 11) is 0. The molecule has 0 amide bonds. The number of rotatable bonds is 4. The van der Waals surface area contributed by atoms with Gasteiger partial charge in [-0.25, -0.2) is 0 Å². The smallest absolute Gasteiger partial charge is 0.0991 e. The van der Waals surface area contributed by atoms with Crippen LogP contribution < -0.4 is 5.32 Å². The van der Waals surface area contributed by atoms with Crippen molar-refractivity contribution in [3.05, 3.63) is 59.7 Å². The molecule has 0 bridgehead atoms. The molecule has 1 N–H and O–H groups in total. The zero-order chi connectivity index (χ0) is 12.8. The van der Waals surface area contributed by atoms with Crippen LogP contribution in [0.5, 0.6) is 0 Å². The van der Waals surface area contributed by atoms with E-state index in [0.29, 0.717) is 5.56 Å². The van der Waals surface area contributed by atoms with E-state index in [1.807, 2.05) is 24.3 Å². The highest BCUT2D eigenvalue weighted by atomic mass is 14.8. The molecule has 2 nitrogen and oxygen atoms in total. The Morgan fingerprint density at radius 1 is 1.06 bits per heavy atom. The van der Waals surface area contributed by atoms with Crippen molar-refractivity contribution in [2.24, 2.45) is 0 Å². The maximum Gasteiger partial charge on any atom is 0.0991 e. The predicted octanol–water partition coefficient (Wildman–Crippen LogP) is 3.33. The number of hydrogen-bond acceptors (Lipinski definition) is 2. The molecular weight excluding hydrogens is 220 g/mol. The van der Waals surface area contributed by atoms with E-state index in [1.54, 1.807) is 0 Å². The Morgan fingerprint density at radius 3 is 2.50 bits per heavy atom. The Bertz CT molecular complexity index is 567. The van der Waals surface area contributed by atoms with Crippen LogP contribution in [0.15, 0.2) is 48.5 Å². The minimum absolute atomic E-state index is 0.699. The Kier molecular flexibility index (Phi) is 4.11. The standard InChI is InChI=1S/C16H16N2/c1-2-18-12-14-6-4-8-16(10-14)15-7-3-5-13(9-15)11-17/h3-10,18H,2,12H2,1H3. The summed E-state index contributed by atoms with van der Waals surface area (Å²) in [6, 6.07) is 18.3. The van der Waals surface area contributed by atoms with Crippen LogP contribution in [-0.2, 0) is 6.54 Å². The van der Waals surface area contributed by atoms with Crippen LogP contribution in [0, 0.1) is 11.3 Å². The van der Waals surface area contributed by atoms with E-state index >= 15 is 0 Å². The van der Waals surface area contributed by atoms with Crippen molar-refractivity contribution in [3.63, 3.8) is 0 Å². The van der Waals surface area contributed by atoms with Crippen molar-refractivity contribution in [1.82, 2.24) is 5.32 Å². The monoisotopic (exact) mass is 236 g/mol. The lowest BCUT2D eigenvalue weighted by molar-refractivity contribution is 0.727. The van der Waals surface area contributed by atoms with Gasteiger partial charge in [0.15, 0.2) is 0 Å². The summed E-state index contributed by atoms with van der Waals surface area (Å²) in [5, 5.41) is 12.2. The van der Waals surface area contributed by atoms with E-state index < -0.39 is 0 Å². The van der Waals surface area contributed by atoms with Gasteiger partial charge in [0.05, 0.1) is 11.6 Å². The number of benzene rings is 2. The van der Waals surface area contributed by atoms with Gasteiger partial charge in [0.25, 0.3) is 0 Å². The molecule has 0 aliphatic heterocycles. The molecule has 0 aliphatic rings. The van der Waals surface area contributed by atoms with E-state index in [9.17, 15) is 0 Å². The second-order valence-electron chi connectivity index (χ2n) is 4.17. The van der Waals surface area contributed by atoms with E-state index in [1.165, 1.54) is 5.56 Å². The van der Waals surface area contributed by atoms with Crippen LogP contribution in [0.25, 0.3) is 11.1 Å². The number of nitrogens with zero attached hydrogens (tertiary/aromatic N) is 1. The van der Waals surface area contributed by atoms with Gasteiger partial charge in [-0.2, -0.15) is 5.26 Å². The van der Waals surface area contributed by atoms with Gasteiger partial charge in [-0.1, -0.05) is 37.3 Å². The lowest BCUT2D eigenvalue weighted by Crippen LogP contribution is -2.11. The molecule has 0 fully saturated rings. The van der Waals surface area contributed by atoms with Crippen LogP contribution in [0.2, 0.25) is 0 Å². The minimum Gasteiger partial charge on any atom is -0.313 e. The summed E-state index contributed by atoms with van der Waals surface area (Å²) < 4.78 is 0. The van der Waals surface area contributed by atoms with Crippen LogP contribution in [0.1, 0.15) is 18.1 Å². The first-order chi connectivity index (χ1) is 8.83. The van der Waals surface area contributed by atoms with Crippen LogP contribution in [0.3, 0.4) is 0 Å². The molecule has 18 heavy (non-hydrogen) atoms. The van der Waals surface area contributed by atoms with Gasteiger partial charge < -0.3 is 5.32 Å². The van der Waals surface area contributed by atoms with Gasteiger partial charge in [-0.05, 0) is 41.4 Å². The van der Waals surface area contributed by atoms with Gasteiger partial charge in [0.2, 0.25) is 0 Å².